The number of aromatic nitrogens is 1. The first-order valence-electron chi connectivity index (χ1n) is 9.68. The molecule has 0 unspecified atom stereocenters. The molecule has 4 rings (SSSR count). The van der Waals surface area contributed by atoms with Gasteiger partial charge in [-0.1, -0.05) is 36.0 Å². The third-order valence-corrected chi connectivity index (χ3v) is 7.84. The smallest absolute Gasteiger partial charge is 0.256 e. The molecule has 1 aromatic heterocycles. The van der Waals surface area contributed by atoms with Gasteiger partial charge in [0.25, 0.3) is 5.91 Å². The van der Waals surface area contributed by atoms with Crippen molar-refractivity contribution in [3.8, 4) is 0 Å². The molecule has 6 nitrogen and oxygen atoms in total. The molecule has 1 aliphatic heterocycles. The Kier molecular flexibility index (Phi) is 6.35. The Labute approximate surface area is 184 Å². The van der Waals surface area contributed by atoms with E-state index < -0.39 is 15.8 Å². The van der Waals surface area contributed by atoms with Crippen molar-refractivity contribution < 1.29 is 17.6 Å². The zero-order valence-electron chi connectivity index (χ0n) is 16.5. The van der Waals surface area contributed by atoms with E-state index >= 15 is 0 Å². The maximum atomic E-state index is 13.5. The van der Waals surface area contributed by atoms with Crippen LogP contribution < -0.4 is 0 Å². The highest BCUT2D eigenvalue weighted by atomic mass is 32.2. The van der Waals surface area contributed by atoms with Crippen molar-refractivity contribution in [3.63, 3.8) is 0 Å². The summed E-state index contributed by atoms with van der Waals surface area (Å²) in [5.41, 5.74) is 0.484. The Morgan fingerprint density at radius 1 is 0.935 bits per heavy atom. The number of carbonyl (C=O) groups excluding carboxylic acids is 1. The Bertz CT molecular complexity index is 1180. The molecule has 1 amide bonds. The molecule has 160 valence electrons. The van der Waals surface area contributed by atoms with Crippen LogP contribution in [0.4, 0.5) is 4.39 Å². The highest BCUT2D eigenvalue weighted by molar-refractivity contribution is 7.99. The molecule has 0 bridgehead atoms. The van der Waals surface area contributed by atoms with E-state index in [1.807, 2.05) is 30.3 Å². The predicted molar refractivity (Wildman–Crippen MR) is 116 cm³/mol. The Morgan fingerprint density at radius 2 is 1.68 bits per heavy atom. The number of amides is 1. The SMILES string of the molecule is O=C(c1cccnc1Sc1ccccc1)N1CCN(S(=O)(=O)c2cccc(F)c2)CC1. The van der Waals surface area contributed by atoms with E-state index in [1.54, 1.807) is 23.2 Å². The maximum absolute atomic E-state index is 13.5. The summed E-state index contributed by atoms with van der Waals surface area (Å²) in [7, 11) is -3.81. The van der Waals surface area contributed by atoms with Crippen molar-refractivity contribution in [1.82, 2.24) is 14.2 Å². The molecule has 0 saturated carbocycles. The van der Waals surface area contributed by atoms with Gasteiger partial charge in [0.1, 0.15) is 10.8 Å². The van der Waals surface area contributed by atoms with Gasteiger partial charge in [0.05, 0.1) is 10.5 Å². The van der Waals surface area contributed by atoms with Crippen LogP contribution >= 0.6 is 11.8 Å². The van der Waals surface area contributed by atoms with E-state index in [0.717, 1.165) is 11.0 Å². The van der Waals surface area contributed by atoms with Crippen LogP contribution in [-0.2, 0) is 10.0 Å². The van der Waals surface area contributed by atoms with Gasteiger partial charge in [-0.3, -0.25) is 4.79 Å². The quantitative estimate of drug-likeness (QED) is 0.586. The van der Waals surface area contributed by atoms with Crippen molar-refractivity contribution >= 4 is 27.7 Å². The minimum absolute atomic E-state index is 0.0823. The summed E-state index contributed by atoms with van der Waals surface area (Å²) >= 11 is 1.41. The summed E-state index contributed by atoms with van der Waals surface area (Å²) < 4.78 is 40.3. The monoisotopic (exact) mass is 457 g/mol. The Hall–Kier alpha value is -2.75. The fraction of sp³-hybridized carbons (Fsp3) is 0.182. The molecule has 0 radical (unpaired) electrons. The standard InChI is InChI=1S/C22H20FN3O3S2/c23-17-6-4-9-19(16-17)31(28,29)26-14-12-25(13-15-26)22(27)20-10-5-11-24-21(20)30-18-7-2-1-3-8-18/h1-11,16H,12-15H2. The molecule has 0 spiro atoms. The molecule has 1 aliphatic rings. The van der Waals surface area contributed by atoms with Gasteiger partial charge in [-0.05, 0) is 42.5 Å². The first-order valence-corrected chi connectivity index (χ1v) is 11.9. The second-order valence-electron chi connectivity index (χ2n) is 6.92. The molecule has 9 heteroatoms. The van der Waals surface area contributed by atoms with Crippen LogP contribution in [0, 0.1) is 5.82 Å². The first kappa shape index (κ1) is 21.5. The number of rotatable bonds is 5. The van der Waals surface area contributed by atoms with Crippen molar-refractivity contribution in [2.75, 3.05) is 26.2 Å². The number of sulfonamides is 1. The fourth-order valence-corrected chi connectivity index (χ4v) is 5.66. The van der Waals surface area contributed by atoms with Crippen LogP contribution in [0.5, 0.6) is 0 Å². The van der Waals surface area contributed by atoms with E-state index in [2.05, 4.69) is 4.98 Å². The molecule has 0 aliphatic carbocycles. The normalized spacial score (nSPS) is 15.1. The molecule has 3 aromatic rings. The van der Waals surface area contributed by atoms with Gasteiger partial charge in [-0.15, -0.1) is 0 Å². The molecule has 0 atom stereocenters. The van der Waals surface area contributed by atoms with Crippen LogP contribution in [-0.4, -0.2) is 54.7 Å². The number of benzene rings is 2. The molecule has 1 saturated heterocycles. The third kappa shape index (κ3) is 4.79. The van der Waals surface area contributed by atoms with Crippen molar-refractivity contribution in [1.29, 1.82) is 0 Å². The molecular formula is C22H20FN3O3S2. The molecule has 2 aromatic carbocycles. The summed E-state index contributed by atoms with van der Waals surface area (Å²) in [5.74, 6) is -0.788. The largest absolute Gasteiger partial charge is 0.336 e. The van der Waals surface area contributed by atoms with Crippen molar-refractivity contribution in [2.45, 2.75) is 14.8 Å². The second kappa shape index (κ2) is 9.17. The summed E-state index contributed by atoms with van der Waals surface area (Å²) in [5, 5.41) is 0.605. The number of pyridine rings is 1. The number of piperazine rings is 1. The maximum Gasteiger partial charge on any atom is 0.256 e. The number of hydrogen-bond acceptors (Lipinski definition) is 5. The van der Waals surface area contributed by atoms with E-state index in [1.165, 1.54) is 34.3 Å². The van der Waals surface area contributed by atoms with E-state index in [4.69, 9.17) is 0 Å². The average Bonchev–Trinajstić information content (AvgIpc) is 2.80. The van der Waals surface area contributed by atoms with Crippen LogP contribution in [0.15, 0.2) is 87.7 Å². The van der Waals surface area contributed by atoms with Crippen molar-refractivity contribution in [3.05, 3.63) is 84.3 Å². The van der Waals surface area contributed by atoms with Crippen LogP contribution in [0.2, 0.25) is 0 Å². The zero-order valence-corrected chi connectivity index (χ0v) is 18.2. The number of nitrogens with zero attached hydrogens (tertiary/aromatic N) is 3. The lowest BCUT2D eigenvalue weighted by Crippen LogP contribution is -2.50. The average molecular weight is 458 g/mol. The molecule has 31 heavy (non-hydrogen) atoms. The molecular weight excluding hydrogens is 437 g/mol. The zero-order chi connectivity index (χ0) is 21.8. The lowest BCUT2D eigenvalue weighted by molar-refractivity contribution is 0.0693. The van der Waals surface area contributed by atoms with Crippen LogP contribution in [0.1, 0.15) is 10.4 Å². The predicted octanol–water partition coefficient (Wildman–Crippen LogP) is 3.52. The number of carbonyl (C=O) groups is 1. The summed E-state index contributed by atoms with van der Waals surface area (Å²) in [6, 6.07) is 18.1. The summed E-state index contributed by atoms with van der Waals surface area (Å²) in [4.78, 5) is 20.0. The molecule has 1 fully saturated rings. The highest BCUT2D eigenvalue weighted by Gasteiger charge is 2.31. The van der Waals surface area contributed by atoms with Crippen molar-refractivity contribution in [2.24, 2.45) is 0 Å². The van der Waals surface area contributed by atoms with E-state index in [0.29, 0.717) is 10.6 Å². The van der Waals surface area contributed by atoms with Gasteiger partial charge in [-0.2, -0.15) is 4.31 Å². The summed E-state index contributed by atoms with van der Waals surface area (Å²) in [6.45, 7) is 0.785. The lowest BCUT2D eigenvalue weighted by atomic mass is 10.2. The molecule has 2 heterocycles. The van der Waals surface area contributed by atoms with Gasteiger partial charge < -0.3 is 4.90 Å². The van der Waals surface area contributed by atoms with Gasteiger partial charge >= 0.3 is 0 Å². The van der Waals surface area contributed by atoms with E-state index in [-0.39, 0.29) is 37.0 Å². The second-order valence-corrected chi connectivity index (χ2v) is 9.93. The number of halogens is 1. The third-order valence-electron chi connectivity index (χ3n) is 4.92. The van der Waals surface area contributed by atoms with E-state index in [9.17, 15) is 17.6 Å². The highest BCUT2D eigenvalue weighted by Crippen LogP contribution is 2.29. The fourth-order valence-electron chi connectivity index (χ4n) is 3.31. The Balaban J connectivity index is 1.47. The van der Waals surface area contributed by atoms with Crippen LogP contribution in [0.3, 0.4) is 0 Å². The van der Waals surface area contributed by atoms with Gasteiger partial charge in [0.2, 0.25) is 10.0 Å². The first-order chi connectivity index (χ1) is 14.9. The summed E-state index contributed by atoms with van der Waals surface area (Å²) in [6.07, 6.45) is 1.64. The van der Waals surface area contributed by atoms with Gasteiger partial charge in [-0.25, -0.2) is 17.8 Å². The van der Waals surface area contributed by atoms with Crippen LogP contribution in [0.25, 0.3) is 0 Å². The lowest BCUT2D eigenvalue weighted by Gasteiger charge is -2.34. The minimum Gasteiger partial charge on any atom is -0.336 e. The topological polar surface area (TPSA) is 70.6 Å². The molecule has 0 N–H and O–H groups in total. The van der Waals surface area contributed by atoms with Gasteiger partial charge in [0.15, 0.2) is 0 Å². The Morgan fingerprint density at radius 3 is 2.39 bits per heavy atom. The minimum atomic E-state index is -3.81. The van der Waals surface area contributed by atoms with Gasteiger partial charge in [0, 0.05) is 37.3 Å². The number of hydrogen-bond donors (Lipinski definition) is 0.